The van der Waals surface area contributed by atoms with Gasteiger partial charge in [-0.25, -0.2) is 0 Å². The summed E-state index contributed by atoms with van der Waals surface area (Å²) in [7, 11) is 3.72. The van der Waals surface area contributed by atoms with Gasteiger partial charge in [0.05, 0.1) is 5.56 Å². The Labute approximate surface area is 110 Å². The van der Waals surface area contributed by atoms with Gasteiger partial charge in [0.25, 0.3) is 5.91 Å². The van der Waals surface area contributed by atoms with Crippen molar-refractivity contribution in [1.82, 2.24) is 4.90 Å². The molecule has 1 aromatic carbocycles. The molecule has 0 fully saturated rings. The Balaban J connectivity index is 2.79. The number of amides is 1. The van der Waals surface area contributed by atoms with Crippen LogP contribution in [0.5, 0.6) is 0 Å². The Morgan fingerprint density at radius 2 is 2.06 bits per heavy atom. The molecule has 1 rings (SSSR count). The van der Waals surface area contributed by atoms with E-state index in [0.29, 0.717) is 0 Å². The maximum absolute atomic E-state index is 12.4. The summed E-state index contributed by atoms with van der Waals surface area (Å²) in [5.74, 6) is 0.0964. The summed E-state index contributed by atoms with van der Waals surface area (Å²) in [6.45, 7) is 5.00. The molecule has 0 saturated carbocycles. The SMILES string of the molecule is CCCCCN(C)C(=O)c1cc(C)ccc1NC. The van der Waals surface area contributed by atoms with E-state index in [1.54, 1.807) is 0 Å². The third kappa shape index (κ3) is 3.76. The molecule has 18 heavy (non-hydrogen) atoms. The maximum atomic E-state index is 12.4. The van der Waals surface area contributed by atoms with E-state index in [0.717, 1.165) is 29.8 Å². The van der Waals surface area contributed by atoms with E-state index in [2.05, 4.69) is 12.2 Å². The molecule has 0 unspecified atom stereocenters. The highest BCUT2D eigenvalue weighted by Crippen LogP contribution is 2.18. The molecule has 1 amide bonds. The zero-order valence-corrected chi connectivity index (χ0v) is 11.9. The van der Waals surface area contributed by atoms with Crippen LogP contribution < -0.4 is 5.32 Å². The lowest BCUT2D eigenvalue weighted by molar-refractivity contribution is 0.0793. The van der Waals surface area contributed by atoms with Crippen molar-refractivity contribution in [2.24, 2.45) is 0 Å². The van der Waals surface area contributed by atoms with Gasteiger partial charge in [0.2, 0.25) is 0 Å². The van der Waals surface area contributed by atoms with Crippen LogP contribution >= 0.6 is 0 Å². The highest BCUT2D eigenvalue weighted by Gasteiger charge is 2.15. The number of nitrogens with one attached hydrogen (secondary N) is 1. The van der Waals surface area contributed by atoms with E-state index >= 15 is 0 Å². The van der Waals surface area contributed by atoms with Crippen LogP contribution in [0.2, 0.25) is 0 Å². The first-order valence-corrected chi connectivity index (χ1v) is 6.64. The fourth-order valence-electron chi connectivity index (χ4n) is 1.96. The number of rotatable bonds is 6. The van der Waals surface area contributed by atoms with Crippen LogP contribution in [-0.4, -0.2) is 31.4 Å². The molecular weight excluding hydrogens is 224 g/mol. The number of aryl methyl sites for hydroxylation is 1. The molecule has 0 radical (unpaired) electrons. The second-order valence-corrected chi connectivity index (χ2v) is 4.73. The predicted molar refractivity (Wildman–Crippen MR) is 77.2 cm³/mol. The molecule has 0 aliphatic rings. The van der Waals surface area contributed by atoms with Crippen LogP contribution in [0.15, 0.2) is 18.2 Å². The lowest BCUT2D eigenvalue weighted by Gasteiger charge is -2.19. The average Bonchev–Trinajstić information content (AvgIpc) is 2.38. The van der Waals surface area contributed by atoms with Gasteiger partial charge < -0.3 is 10.2 Å². The van der Waals surface area contributed by atoms with Crippen molar-refractivity contribution in [3.63, 3.8) is 0 Å². The van der Waals surface area contributed by atoms with Crippen LogP contribution in [-0.2, 0) is 0 Å². The van der Waals surface area contributed by atoms with Crippen molar-refractivity contribution in [2.45, 2.75) is 33.1 Å². The average molecular weight is 248 g/mol. The maximum Gasteiger partial charge on any atom is 0.255 e. The van der Waals surface area contributed by atoms with Crippen molar-refractivity contribution < 1.29 is 4.79 Å². The third-order valence-corrected chi connectivity index (χ3v) is 3.12. The first-order valence-electron chi connectivity index (χ1n) is 6.64. The Hall–Kier alpha value is -1.51. The summed E-state index contributed by atoms with van der Waals surface area (Å²) in [5, 5.41) is 3.08. The normalized spacial score (nSPS) is 10.2. The zero-order valence-electron chi connectivity index (χ0n) is 11.9. The molecular formula is C15H24N2O. The number of benzene rings is 1. The highest BCUT2D eigenvalue weighted by molar-refractivity contribution is 5.99. The van der Waals surface area contributed by atoms with E-state index in [-0.39, 0.29) is 5.91 Å². The summed E-state index contributed by atoms with van der Waals surface area (Å²) in [6.07, 6.45) is 3.41. The van der Waals surface area contributed by atoms with Crippen molar-refractivity contribution in [2.75, 3.05) is 26.0 Å². The number of carbonyl (C=O) groups excluding carboxylic acids is 1. The van der Waals surface area contributed by atoms with Crippen LogP contribution in [0.3, 0.4) is 0 Å². The molecule has 1 aromatic rings. The monoisotopic (exact) mass is 248 g/mol. The lowest BCUT2D eigenvalue weighted by atomic mass is 10.1. The van der Waals surface area contributed by atoms with Gasteiger partial charge in [-0.05, 0) is 25.5 Å². The smallest absolute Gasteiger partial charge is 0.255 e. The van der Waals surface area contributed by atoms with Gasteiger partial charge in [-0.1, -0.05) is 31.4 Å². The number of anilines is 1. The molecule has 0 aliphatic heterocycles. The van der Waals surface area contributed by atoms with Gasteiger partial charge in [0.1, 0.15) is 0 Å². The molecule has 100 valence electrons. The zero-order chi connectivity index (χ0) is 13.5. The summed E-state index contributed by atoms with van der Waals surface area (Å²) in [6, 6.07) is 5.92. The van der Waals surface area contributed by atoms with E-state index < -0.39 is 0 Å². The van der Waals surface area contributed by atoms with Crippen molar-refractivity contribution >= 4 is 11.6 Å². The second kappa shape index (κ2) is 7.04. The highest BCUT2D eigenvalue weighted by atomic mass is 16.2. The van der Waals surface area contributed by atoms with Gasteiger partial charge in [0, 0.05) is 26.3 Å². The molecule has 0 aromatic heterocycles. The summed E-state index contributed by atoms with van der Waals surface area (Å²) in [4.78, 5) is 14.2. The van der Waals surface area contributed by atoms with Crippen molar-refractivity contribution in [3.8, 4) is 0 Å². The molecule has 0 atom stereocenters. The minimum Gasteiger partial charge on any atom is -0.387 e. The second-order valence-electron chi connectivity index (χ2n) is 4.73. The first kappa shape index (κ1) is 14.6. The predicted octanol–water partition coefficient (Wildman–Crippen LogP) is 3.30. The van der Waals surface area contributed by atoms with Gasteiger partial charge in [-0.3, -0.25) is 4.79 Å². The molecule has 1 N–H and O–H groups in total. The number of hydrogen-bond acceptors (Lipinski definition) is 2. The summed E-state index contributed by atoms with van der Waals surface area (Å²) >= 11 is 0. The lowest BCUT2D eigenvalue weighted by Crippen LogP contribution is -2.28. The molecule has 0 saturated heterocycles. The largest absolute Gasteiger partial charge is 0.387 e. The molecule has 3 heteroatoms. The van der Waals surface area contributed by atoms with Crippen LogP contribution in [0.1, 0.15) is 42.1 Å². The quantitative estimate of drug-likeness (QED) is 0.783. The van der Waals surface area contributed by atoms with E-state index in [1.807, 2.05) is 44.1 Å². The van der Waals surface area contributed by atoms with E-state index in [9.17, 15) is 4.79 Å². The van der Waals surface area contributed by atoms with Crippen molar-refractivity contribution in [3.05, 3.63) is 29.3 Å². The number of nitrogens with zero attached hydrogens (tertiary/aromatic N) is 1. The van der Waals surface area contributed by atoms with Crippen LogP contribution in [0, 0.1) is 6.92 Å². The van der Waals surface area contributed by atoms with Gasteiger partial charge in [-0.15, -0.1) is 0 Å². The Kier molecular flexibility index (Phi) is 5.69. The molecule has 0 aliphatic carbocycles. The van der Waals surface area contributed by atoms with E-state index in [1.165, 1.54) is 12.8 Å². The topological polar surface area (TPSA) is 32.3 Å². The van der Waals surface area contributed by atoms with Gasteiger partial charge >= 0.3 is 0 Å². The minimum absolute atomic E-state index is 0.0964. The third-order valence-electron chi connectivity index (χ3n) is 3.12. The van der Waals surface area contributed by atoms with Gasteiger partial charge in [0.15, 0.2) is 0 Å². The molecule has 0 heterocycles. The fraction of sp³-hybridized carbons (Fsp3) is 0.533. The number of hydrogen-bond donors (Lipinski definition) is 1. The molecule has 0 bridgehead atoms. The first-order chi connectivity index (χ1) is 8.60. The standard InChI is InChI=1S/C15H24N2O/c1-5-6-7-10-17(4)15(18)13-11-12(2)8-9-14(13)16-3/h8-9,11,16H,5-7,10H2,1-4H3. The van der Waals surface area contributed by atoms with Crippen LogP contribution in [0.25, 0.3) is 0 Å². The Morgan fingerprint density at radius 1 is 1.33 bits per heavy atom. The summed E-state index contributed by atoms with van der Waals surface area (Å²) in [5.41, 5.74) is 2.77. The van der Waals surface area contributed by atoms with E-state index in [4.69, 9.17) is 0 Å². The number of carbonyl (C=O) groups is 1. The Bertz CT molecular complexity index is 401. The van der Waals surface area contributed by atoms with Gasteiger partial charge in [-0.2, -0.15) is 0 Å². The molecule has 0 spiro atoms. The van der Waals surface area contributed by atoms with Crippen molar-refractivity contribution in [1.29, 1.82) is 0 Å². The minimum atomic E-state index is 0.0964. The number of unbranched alkanes of at least 4 members (excludes halogenated alkanes) is 2. The van der Waals surface area contributed by atoms with Crippen LogP contribution in [0.4, 0.5) is 5.69 Å². The summed E-state index contributed by atoms with van der Waals surface area (Å²) < 4.78 is 0. The Morgan fingerprint density at radius 3 is 2.67 bits per heavy atom. The molecule has 3 nitrogen and oxygen atoms in total. The fourth-order valence-corrected chi connectivity index (χ4v) is 1.96.